The van der Waals surface area contributed by atoms with Crippen molar-refractivity contribution in [3.05, 3.63) is 10.6 Å². The quantitative estimate of drug-likeness (QED) is 0.873. The van der Waals surface area contributed by atoms with Gasteiger partial charge in [-0.25, -0.2) is 4.98 Å². The summed E-state index contributed by atoms with van der Waals surface area (Å²) >= 11 is 1.92. The van der Waals surface area contributed by atoms with Gasteiger partial charge in [0.15, 0.2) is 5.13 Å². The molecule has 0 aromatic carbocycles. The maximum absolute atomic E-state index is 4.92. The van der Waals surface area contributed by atoms with Gasteiger partial charge in [0.05, 0.1) is 5.69 Å². The van der Waals surface area contributed by atoms with Crippen LogP contribution in [0.25, 0.3) is 0 Å². The summed E-state index contributed by atoms with van der Waals surface area (Å²) in [7, 11) is 0. The van der Waals surface area contributed by atoms with Crippen LogP contribution < -0.4 is 10.2 Å². The van der Waals surface area contributed by atoms with Gasteiger partial charge >= 0.3 is 0 Å². The molecule has 0 amide bonds. The minimum Gasteiger partial charge on any atom is -0.346 e. The Kier molecular flexibility index (Phi) is 3.90. The molecule has 0 radical (unpaired) electrons. The van der Waals surface area contributed by atoms with Crippen molar-refractivity contribution < 1.29 is 0 Å². The molecule has 21 heavy (non-hydrogen) atoms. The first-order valence-electron chi connectivity index (χ1n) is 8.54. The van der Waals surface area contributed by atoms with Gasteiger partial charge in [0.1, 0.15) is 0 Å². The Bertz CT molecular complexity index is 484. The minimum absolute atomic E-state index is 0.780. The van der Waals surface area contributed by atoms with Gasteiger partial charge in [0.2, 0.25) is 0 Å². The van der Waals surface area contributed by atoms with Crippen molar-refractivity contribution in [2.75, 3.05) is 31.1 Å². The molecule has 3 aliphatic rings. The Morgan fingerprint density at radius 2 is 1.90 bits per heavy atom. The number of aryl methyl sites for hydroxylation is 1. The molecule has 2 heterocycles. The largest absolute Gasteiger partial charge is 0.346 e. The van der Waals surface area contributed by atoms with E-state index in [0.717, 1.165) is 38.1 Å². The van der Waals surface area contributed by atoms with Crippen LogP contribution in [0.3, 0.4) is 0 Å². The lowest BCUT2D eigenvalue weighted by Gasteiger charge is -2.34. The van der Waals surface area contributed by atoms with Crippen LogP contribution in [0.5, 0.6) is 0 Å². The number of nitrogens with zero attached hydrogens (tertiary/aromatic N) is 3. The van der Waals surface area contributed by atoms with Crippen molar-refractivity contribution in [1.82, 2.24) is 15.2 Å². The molecule has 1 aromatic rings. The van der Waals surface area contributed by atoms with Crippen LogP contribution in [0.1, 0.15) is 43.2 Å². The third-order valence-electron chi connectivity index (χ3n) is 4.88. The molecule has 1 N–H and O–H groups in total. The van der Waals surface area contributed by atoms with Crippen LogP contribution in [0.2, 0.25) is 0 Å². The van der Waals surface area contributed by atoms with Gasteiger partial charge in [0, 0.05) is 49.7 Å². The zero-order valence-electron chi connectivity index (χ0n) is 13.0. The predicted molar refractivity (Wildman–Crippen MR) is 88.2 cm³/mol. The van der Waals surface area contributed by atoms with Gasteiger partial charge in [-0.3, -0.25) is 4.90 Å². The first-order chi connectivity index (χ1) is 10.3. The van der Waals surface area contributed by atoms with E-state index in [-0.39, 0.29) is 0 Å². The average Bonchev–Trinajstić information content (AvgIpc) is 3.43. The molecule has 1 saturated heterocycles. The number of anilines is 1. The summed E-state index contributed by atoms with van der Waals surface area (Å²) in [6.45, 7) is 8.01. The monoisotopic (exact) mass is 306 g/mol. The van der Waals surface area contributed by atoms with E-state index in [0.29, 0.717) is 0 Å². The number of nitrogens with one attached hydrogen (secondary N) is 1. The van der Waals surface area contributed by atoms with Gasteiger partial charge in [0.25, 0.3) is 0 Å². The lowest BCUT2D eigenvalue weighted by atomic mass is 10.3. The second-order valence-electron chi connectivity index (χ2n) is 6.63. The number of thiazole rings is 1. The van der Waals surface area contributed by atoms with E-state index in [1.54, 1.807) is 0 Å². The van der Waals surface area contributed by atoms with Crippen LogP contribution in [0, 0.1) is 0 Å². The van der Waals surface area contributed by atoms with E-state index in [1.165, 1.54) is 54.5 Å². The molecule has 1 aromatic heterocycles. The summed E-state index contributed by atoms with van der Waals surface area (Å²) in [6, 6.07) is 1.69. The average molecular weight is 306 g/mol. The number of hydrogen-bond acceptors (Lipinski definition) is 5. The van der Waals surface area contributed by atoms with Crippen LogP contribution in [-0.2, 0) is 13.0 Å². The van der Waals surface area contributed by atoms with Crippen molar-refractivity contribution in [1.29, 1.82) is 0 Å². The summed E-state index contributed by atoms with van der Waals surface area (Å²) in [5.41, 5.74) is 1.31. The molecule has 0 bridgehead atoms. The third kappa shape index (κ3) is 3.25. The van der Waals surface area contributed by atoms with E-state index >= 15 is 0 Å². The topological polar surface area (TPSA) is 31.4 Å². The minimum atomic E-state index is 0.780. The van der Waals surface area contributed by atoms with E-state index in [2.05, 4.69) is 22.0 Å². The highest BCUT2D eigenvalue weighted by atomic mass is 32.1. The SMILES string of the molecule is CCc1nc(N2CCN(C3CC3)CC2)sc1CNC1CC1. The molecule has 0 spiro atoms. The smallest absolute Gasteiger partial charge is 0.185 e. The molecule has 4 nitrogen and oxygen atoms in total. The van der Waals surface area contributed by atoms with E-state index in [1.807, 2.05) is 11.3 Å². The van der Waals surface area contributed by atoms with Gasteiger partial charge < -0.3 is 10.2 Å². The molecule has 5 heteroatoms. The molecular formula is C16H26N4S. The summed E-state index contributed by atoms with van der Waals surface area (Å²) in [5, 5.41) is 4.90. The summed E-state index contributed by atoms with van der Waals surface area (Å²) < 4.78 is 0. The van der Waals surface area contributed by atoms with Gasteiger partial charge in [-0.15, -0.1) is 11.3 Å². The highest BCUT2D eigenvalue weighted by molar-refractivity contribution is 7.15. The standard InChI is InChI=1S/C16H26N4S/c1-2-14-15(11-17-12-3-4-12)21-16(18-14)20-9-7-19(8-10-20)13-5-6-13/h12-13,17H,2-11H2,1H3. The molecule has 1 aliphatic heterocycles. The zero-order valence-corrected chi connectivity index (χ0v) is 13.8. The summed E-state index contributed by atoms with van der Waals surface area (Å²) in [5.74, 6) is 0. The fourth-order valence-electron chi connectivity index (χ4n) is 3.16. The van der Waals surface area contributed by atoms with E-state index in [9.17, 15) is 0 Å². The Morgan fingerprint density at radius 3 is 2.52 bits per heavy atom. The molecule has 0 atom stereocenters. The van der Waals surface area contributed by atoms with Crippen molar-refractivity contribution in [2.45, 2.75) is 57.7 Å². The van der Waals surface area contributed by atoms with E-state index in [4.69, 9.17) is 4.98 Å². The Hall–Kier alpha value is -0.650. The van der Waals surface area contributed by atoms with Gasteiger partial charge in [-0.05, 0) is 32.1 Å². The second kappa shape index (κ2) is 5.86. The van der Waals surface area contributed by atoms with Crippen LogP contribution >= 0.6 is 11.3 Å². The Labute approximate surface area is 131 Å². The highest BCUT2D eigenvalue weighted by Gasteiger charge is 2.32. The fraction of sp³-hybridized carbons (Fsp3) is 0.812. The van der Waals surface area contributed by atoms with Gasteiger partial charge in [-0.2, -0.15) is 0 Å². The predicted octanol–water partition coefficient (Wildman–Crippen LogP) is 2.24. The number of piperazine rings is 1. The third-order valence-corrected chi connectivity index (χ3v) is 6.04. The van der Waals surface area contributed by atoms with E-state index < -0.39 is 0 Å². The highest BCUT2D eigenvalue weighted by Crippen LogP contribution is 2.31. The first kappa shape index (κ1) is 14.0. The molecule has 2 saturated carbocycles. The zero-order chi connectivity index (χ0) is 14.2. The maximum Gasteiger partial charge on any atom is 0.185 e. The number of hydrogen-bond donors (Lipinski definition) is 1. The maximum atomic E-state index is 4.92. The van der Waals surface area contributed by atoms with Crippen molar-refractivity contribution >= 4 is 16.5 Å². The molecule has 116 valence electrons. The van der Waals surface area contributed by atoms with Crippen LogP contribution in [0.15, 0.2) is 0 Å². The van der Waals surface area contributed by atoms with Crippen molar-refractivity contribution in [3.8, 4) is 0 Å². The number of rotatable bonds is 6. The Morgan fingerprint density at radius 1 is 1.14 bits per heavy atom. The molecule has 4 rings (SSSR count). The first-order valence-corrected chi connectivity index (χ1v) is 9.36. The number of aromatic nitrogens is 1. The summed E-state index contributed by atoms with van der Waals surface area (Å²) in [4.78, 5) is 11.6. The molecule has 2 aliphatic carbocycles. The lowest BCUT2D eigenvalue weighted by Crippen LogP contribution is -2.47. The Balaban J connectivity index is 1.39. The molecule has 0 unspecified atom stereocenters. The van der Waals surface area contributed by atoms with Gasteiger partial charge in [-0.1, -0.05) is 6.92 Å². The normalized spacial score (nSPS) is 23.8. The molecular weight excluding hydrogens is 280 g/mol. The van der Waals surface area contributed by atoms with Crippen molar-refractivity contribution in [2.24, 2.45) is 0 Å². The second-order valence-corrected chi connectivity index (χ2v) is 7.69. The van der Waals surface area contributed by atoms with Crippen LogP contribution in [-0.4, -0.2) is 48.1 Å². The molecule has 3 fully saturated rings. The lowest BCUT2D eigenvalue weighted by molar-refractivity contribution is 0.248. The van der Waals surface area contributed by atoms with Crippen molar-refractivity contribution in [3.63, 3.8) is 0 Å². The fourth-order valence-corrected chi connectivity index (χ4v) is 4.31. The summed E-state index contributed by atoms with van der Waals surface area (Å²) in [6.07, 6.45) is 6.62. The van der Waals surface area contributed by atoms with Crippen LogP contribution in [0.4, 0.5) is 5.13 Å².